The van der Waals surface area contributed by atoms with E-state index in [1.54, 1.807) is 38.1 Å². The van der Waals surface area contributed by atoms with Crippen LogP contribution < -0.4 is 20.7 Å². The van der Waals surface area contributed by atoms with Crippen LogP contribution in [0.25, 0.3) is 0 Å². The fraction of sp³-hybridized carbons (Fsp3) is 0.471. The van der Waals surface area contributed by atoms with E-state index in [0.717, 1.165) is 11.1 Å². The van der Waals surface area contributed by atoms with Gasteiger partial charge in [0.05, 0.1) is 30.3 Å². The Balaban J connectivity index is 1.55. The summed E-state index contributed by atoms with van der Waals surface area (Å²) in [7, 11) is 1.50. The lowest BCUT2D eigenvalue weighted by Crippen LogP contribution is -2.53. The molecule has 2 aromatic carbocycles. The topological polar surface area (TPSA) is 156 Å². The van der Waals surface area contributed by atoms with Gasteiger partial charge >= 0.3 is 5.97 Å². The molecule has 1 saturated heterocycles. The second kappa shape index (κ2) is 15.1. The van der Waals surface area contributed by atoms with Gasteiger partial charge in [0, 0.05) is 25.3 Å². The summed E-state index contributed by atoms with van der Waals surface area (Å²) < 4.78 is 17.1. The molecule has 0 aromatic heterocycles. The van der Waals surface area contributed by atoms with E-state index in [1.165, 1.54) is 20.1 Å². The van der Waals surface area contributed by atoms with Gasteiger partial charge in [-0.15, -0.1) is 0 Å². The zero-order valence-electron chi connectivity index (χ0n) is 26.7. The summed E-state index contributed by atoms with van der Waals surface area (Å²) in [6.07, 6.45) is 2.09. The van der Waals surface area contributed by atoms with E-state index in [9.17, 15) is 24.3 Å². The number of benzene rings is 2. The quantitative estimate of drug-likeness (QED) is 0.262. The zero-order chi connectivity index (χ0) is 33.6. The van der Waals surface area contributed by atoms with Crippen LogP contribution in [0.3, 0.4) is 0 Å². The van der Waals surface area contributed by atoms with Gasteiger partial charge in [-0.1, -0.05) is 54.9 Å². The molecule has 0 bridgehead atoms. The minimum Gasteiger partial charge on any atom is -0.495 e. The zero-order valence-corrected chi connectivity index (χ0v) is 27.4. The van der Waals surface area contributed by atoms with E-state index in [2.05, 4.69) is 16.0 Å². The van der Waals surface area contributed by atoms with Crippen molar-refractivity contribution in [3.8, 4) is 5.75 Å². The van der Waals surface area contributed by atoms with Crippen LogP contribution in [0, 0.1) is 11.3 Å². The molecule has 0 radical (unpaired) electrons. The van der Waals surface area contributed by atoms with Gasteiger partial charge in [0.15, 0.2) is 0 Å². The van der Waals surface area contributed by atoms with Crippen LogP contribution in [-0.4, -0.2) is 66.7 Å². The first-order valence-corrected chi connectivity index (χ1v) is 15.6. The molecule has 2 aromatic rings. The van der Waals surface area contributed by atoms with Crippen molar-refractivity contribution in [2.75, 3.05) is 13.7 Å². The highest BCUT2D eigenvalue weighted by Gasteiger charge is 2.47. The van der Waals surface area contributed by atoms with Gasteiger partial charge in [0.1, 0.15) is 30.0 Å². The smallest absolute Gasteiger partial charge is 0.328 e. The number of aliphatic hydroxyl groups is 1. The van der Waals surface area contributed by atoms with Gasteiger partial charge in [-0.2, -0.15) is 0 Å². The van der Waals surface area contributed by atoms with Crippen molar-refractivity contribution in [2.45, 2.75) is 77.5 Å². The fourth-order valence-corrected chi connectivity index (χ4v) is 5.49. The maximum Gasteiger partial charge on any atom is 0.328 e. The summed E-state index contributed by atoms with van der Waals surface area (Å²) in [4.78, 5) is 52.7. The van der Waals surface area contributed by atoms with E-state index in [-0.39, 0.29) is 44.1 Å². The molecule has 3 amide bonds. The third-order valence-electron chi connectivity index (χ3n) is 8.34. The lowest BCUT2D eigenvalue weighted by molar-refractivity contribution is -0.155. The van der Waals surface area contributed by atoms with Crippen LogP contribution in [0.1, 0.15) is 56.9 Å². The maximum absolute atomic E-state index is 13.3. The number of rotatable bonds is 7. The molecule has 46 heavy (non-hydrogen) atoms. The Bertz CT molecular complexity index is 1460. The molecule has 248 valence electrons. The molecule has 4 N–H and O–H groups in total. The SMILES string of the molecule is COc1ccc(C[C@H]2NC(=O)/C=C/C[C@@H](C(C)C3OC3c3ccc(CO)cc3)OC(=O)[C@H](C)NC(=O)C(C)(C)CNC2=O)cc1Cl. The van der Waals surface area contributed by atoms with Gasteiger partial charge in [0.2, 0.25) is 17.7 Å². The second-order valence-corrected chi connectivity index (χ2v) is 12.8. The minimum absolute atomic E-state index is 0.0512. The summed E-state index contributed by atoms with van der Waals surface area (Å²) in [5.41, 5.74) is 1.33. The first kappa shape index (κ1) is 34.9. The summed E-state index contributed by atoms with van der Waals surface area (Å²) >= 11 is 6.30. The number of cyclic esters (lactones) is 1. The van der Waals surface area contributed by atoms with Crippen molar-refractivity contribution in [1.29, 1.82) is 0 Å². The van der Waals surface area contributed by atoms with Gasteiger partial charge in [-0.25, -0.2) is 4.79 Å². The molecule has 0 aliphatic carbocycles. The molecule has 12 heteroatoms. The molecule has 0 spiro atoms. The number of epoxide rings is 1. The van der Waals surface area contributed by atoms with E-state index in [4.69, 9.17) is 25.8 Å². The number of aliphatic hydroxyl groups excluding tert-OH is 1. The summed E-state index contributed by atoms with van der Waals surface area (Å²) in [5.74, 6) is -1.86. The van der Waals surface area contributed by atoms with Crippen molar-refractivity contribution < 1.29 is 38.5 Å². The number of carbonyl (C=O) groups excluding carboxylic acids is 4. The van der Waals surface area contributed by atoms with Crippen LogP contribution >= 0.6 is 11.6 Å². The number of amides is 3. The molecule has 2 aliphatic rings. The average molecular weight is 656 g/mol. The number of hydrogen-bond acceptors (Lipinski definition) is 8. The molecule has 2 heterocycles. The van der Waals surface area contributed by atoms with Gasteiger partial charge < -0.3 is 35.3 Å². The van der Waals surface area contributed by atoms with Gasteiger partial charge in [-0.3, -0.25) is 14.4 Å². The van der Waals surface area contributed by atoms with Crippen LogP contribution in [0.2, 0.25) is 5.02 Å². The Morgan fingerprint density at radius 2 is 1.76 bits per heavy atom. The van der Waals surface area contributed by atoms with Gasteiger partial charge in [-0.05, 0) is 55.7 Å². The van der Waals surface area contributed by atoms with Crippen molar-refractivity contribution in [3.63, 3.8) is 0 Å². The number of ether oxygens (including phenoxy) is 3. The highest BCUT2D eigenvalue weighted by molar-refractivity contribution is 6.32. The average Bonchev–Trinajstić information content (AvgIpc) is 3.83. The van der Waals surface area contributed by atoms with Crippen LogP contribution in [0.5, 0.6) is 5.75 Å². The second-order valence-electron chi connectivity index (χ2n) is 12.4. The molecule has 3 unspecified atom stereocenters. The lowest BCUT2D eigenvalue weighted by Gasteiger charge is -2.28. The summed E-state index contributed by atoms with van der Waals surface area (Å²) in [6, 6.07) is 10.6. The molecule has 6 atom stereocenters. The predicted molar refractivity (Wildman–Crippen MR) is 171 cm³/mol. The Hall–Kier alpha value is -3.93. The van der Waals surface area contributed by atoms with Crippen molar-refractivity contribution in [3.05, 3.63) is 76.3 Å². The number of methoxy groups -OCH3 is 1. The van der Waals surface area contributed by atoms with E-state index >= 15 is 0 Å². The monoisotopic (exact) mass is 655 g/mol. The lowest BCUT2D eigenvalue weighted by atomic mass is 9.91. The molecule has 0 saturated carbocycles. The van der Waals surface area contributed by atoms with Crippen molar-refractivity contribution in [1.82, 2.24) is 16.0 Å². The van der Waals surface area contributed by atoms with Crippen LogP contribution in [0.15, 0.2) is 54.6 Å². The number of esters is 1. The third kappa shape index (κ3) is 8.86. The summed E-state index contributed by atoms with van der Waals surface area (Å²) in [6.45, 7) is 6.63. The predicted octanol–water partition coefficient (Wildman–Crippen LogP) is 3.16. The Morgan fingerprint density at radius 1 is 1.07 bits per heavy atom. The molecular formula is C34H42ClN3O8. The molecule has 11 nitrogen and oxygen atoms in total. The first-order valence-electron chi connectivity index (χ1n) is 15.3. The number of carbonyl (C=O) groups is 4. The molecule has 2 aliphatic heterocycles. The van der Waals surface area contributed by atoms with E-state index in [1.807, 2.05) is 31.2 Å². The minimum atomic E-state index is -1.09. The van der Waals surface area contributed by atoms with E-state index in [0.29, 0.717) is 16.3 Å². The number of halogens is 1. The normalized spacial score (nSPS) is 27.0. The number of hydrogen-bond donors (Lipinski definition) is 4. The largest absolute Gasteiger partial charge is 0.495 e. The highest BCUT2D eigenvalue weighted by Crippen LogP contribution is 2.45. The standard InChI is InChI=1S/C34H42ClN3O8/c1-19(29-30(46-29)23-12-9-21(17-39)10-13-23)26-7-6-8-28(40)38-25(16-22-11-14-27(44-5)24(35)15-22)31(41)36-18-34(3,4)33(43)37-20(2)32(42)45-26/h6,8-15,19-20,25-26,29-30,39H,7,16-18H2,1-5H3,(H,36,41)(H,37,43)(H,38,40)/b8-6+/t19?,20-,25+,26-,29?,30?/m0/s1. The number of nitrogens with one attached hydrogen (secondary N) is 3. The third-order valence-corrected chi connectivity index (χ3v) is 8.63. The van der Waals surface area contributed by atoms with Crippen molar-refractivity contribution in [2.24, 2.45) is 11.3 Å². The Labute approximate surface area is 274 Å². The molecule has 4 rings (SSSR count). The fourth-order valence-electron chi connectivity index (χ4n) is 5.21. The highest BCUT2D eigenvalue weighted by atomic mass is 35.5. The Kier molecular flexibility index (Phi) is 11.5. The van der Waals surface area contributed by atoms with E-state index < -0.39 is 47.3 Å². The van der Waals surface area contributed by atoms with Gasteiger partial charge in [0.25, 0.3) is 0 Å². The molecular weight excluding hydrogens is 614 g/mol. The van der Waals surface area contributed by atoms with Crippen LogP contribution in [0.4, 0.5) is 0 Å². The Morgan fingerprint density at radius 3 is 2.41 bits per heavy atom. The summed E-state index contributed by atoms with van der Waals surface area (Å²) in [5, 5.41) is 17.9. The first-order chi connectivity index (χ1) is 21.8. The maximum atomic E-state index is 13.3. The van der Waals surface area contributed by atoms with Crippen LogP contribution in [-0.2, 0) is 41.7 Å². The van der Waals surface area contributed by atoms with Crippen molar-refractivity contribution >= 4 is 35.3 Å². The molecule has 1 fully saturated rings.